The van der Waals surface area contributed by atoms with Gasteiger partial charge in [-0.15, -0.1) is 0 Å². The summed E-state index contributed by atoms with van der Waals surface area (Å²) in [6.07, 6.45) is 2.30. The summed E-state index contributed by atoms with van der Waals surface area (Å²) in [5.74, 6) is -1.10. The summed E-state index contributed by atoms with van der Waals surface area (Å²) in [5, 5.41) is 0. The number of carbonyl (C=O) groups excluding carboxylic acids is 1. The predicted octanol–water partition coefficient (Wildman–Crippen LogP) is 4.57. The van der Waals surface area contributed by atoms with Crippen LogP contribution in [0.25, 0.3) is 0 Å². The van der Waals surface area contributed by atoms with E-state index in [-0.39, 0.29) is 23.3 Å². The van der Waals surface area contributed by atoms with Crippen LogP contribution in [-0.2, 0) is 6.42 Å². The maximum atomic E-state index is 14.0. The molecule has 1 heterocycles. The number of likely N-dealkylation sites (tertiary alicyclic amines) is 1. The topological polar surface area (TPSA) is 20.3 Å². The van der Waals surface area contributed by atoms with E-state index in [1.807, 2.05) is 6.07 Å². The van der Waals surface area contributed by atoms with Gasteiger partial charge in [-0.1, -0.05) is 28.1 Å². The Balaban J connectivity index is 1.81. The van der Waals surface area contributed by atoms with Crippen molar-refractivity contribution in [1.29, 1.82) is 0 Å². The number of rotatable bonds is 3. The van der Waals surface area contributed by atoms with Crippen molar-refractivity contribution < 1.29 is 13.6 Å². The SMILES string of the molecule is O=C(c1cc(Br)ccc1F)N1CCCC1Cc1cccc(F)c1. The molecule has 23 heavy (non-hydrogen) atoms. The summed E-state index contributed by atoms with van der Waals surface area (Å²) in [5.41, 5.74) is 0.926. The molecule has 0 aromatic heterocycles. The highest BCUT2D eigenvalue weighted by molar-refractivity contribution is 9.10. The third-order valence-corrected chi connectivity index (χ3v) is 4.65. The van der Waals surface area contributed by atoms with Gasteiger partial charge >= 0.3 is 0 Å². The highest BCUT2D eigenvalue weighted by atomic mass is 79.9. The van der Waals surface area contributed by atoms with Gasteiger partial charge in [-0.05, 0) is 55.2 Å². The molecular formula is C18H16BrF2NO. The lowest BCUT2D eigenvalue weighted by atomic mass is 10.0. The van der Waals surface area contributed by atoms with Gasteiger partial charge in [0, 0.05) is 17.1 Å². The number of carbonyl (C=O) groups is 1. The van der Waals surface area contributed by atoms with Crippen LogP contribution in [0.15, 0.2) is 46.9 Å². The van der Waals surface area contributed by atoms with Crippen LogP contribution in [0.3, 0.4) is 0 Å². The number of benzene rings is 2. The Hall–Kier alpha value is -1.75. The fourth-order valence-electron chi connectivity index (χ4n) is 3.07. The normalized spacial score (nSPS) is 17.5. The van der Waals surface area contributed by atoms with Gasteiger partial charge in [0.1, 0.15) is 11.6 Å². The second kappa shape index (κ2) is 6.79. The summed E-state index contributed by atoms with van der Waals surface area (Å²) >= 11 is 3.27. The van der Waals surface area contributed by atoms with Crippen molar-refractivity contribution in [2.24, 2.45) is 0 Å². The second-order valence-corrected chi connectivity index (χ2v) is 6.67. The molecule has 2 nitrogen and oxygen atoms in total. The van der Waals surface area contributed by atoms with Crippen LogP contribution in [0.1, 0.15) is 28.8 Å². The molecule has 0 spiro atoms. The molecule has 1 unspecified atom stereocenters. The van der Waals surface area contributed by atoms with E-state index in [2.05, 4.69) is 15.9 Å². The molecule has 1 saturated heterocycles. The van der Waals surface area contributed by atoms with Crippen molar-refractivity contribution in [2.45, 2.75) is 25.3 Å². The van der Waals surface area contributed by atoms with Crippen LogP contribution in [-0.4, -0.2) is 23.4 Å². The molecule has 1 aliphatic rings. The van der Waals surface area contributed by atoms with E-state index >= 15 is 0 Å². The third kappa shape index (κ3) is 3.61. The molecule has 0 bridgehead atoms. The Kier molecular flexibility index (Phi) is 4.76. The van der Waals surface area contributed by atoms with Gasteiger partial charge in [0.15, 0.2) is 0 Å². The van der Waals surface area contributed by atoms with E-state index in [9.17, 15) is 13.6 Å². The minimum Gasteiger partial charge on any atom is -0.335 e. The lowest BCUT2D eigenvalue weighted by molar-refractivity contribution is 0.0731. The third-order valence-electron chi connectivity index (χ3n) is 4.16. The van der Waals surface area contributed by atoms with Crippen LogP contribution >= 0.6 is 15.9 Å². The zero-order valence-electron chi connectivity index (χ0n) is 12.4. The number of hydrogen-bond donors (Lipinski definition) is 0. The van der Waals surface area contributed by atoms with Crippen molar-refractivity contribution in [3.8, 4) is 0 Å². The van der Waals surface area contributed by atoms with E-state index in [0.717, 1.165) is 18.4 Å². The zero-order valence-corrected chi connectivity index (χ0v) is 14.0. The van der Waals surface area contributed by atoms with E-state index in [0.29, 0.717) is 17.4 Å². The number of nitrogens with zero attached hydrogens (tertiary/aromatic N) is 1. The fourth-order valence-corrected chi connectivity index (χ4v) is 3.43. The minimum atomic E-state index is -0.519. The number of amides is 1. The van der Waals surface area contributed by atoms with Crippen molar-refractivity contribution in [3.05, 3.63) is 69.7 Å². The van der Waals surface area contributed by atoms with E-state index < -0.39 is 5.82 Å². The fraction of sp³-hybridized carbons (Fsp3) is 0.278. The maximum absolute atomic E-state index is 14.0. The molecule has 3 rings (SSSR count). The summed E-state index contributed by atoms with van der Waals surface area (Å²) < 4.78 is 28.0. The molecule has 2 aromatic rings. The Bertz CT molecular complexity index is 735. The minimum absolute atomic E-state index is 0.0253. The largest absolute Gasteiger partial charge is 0.335 e. The summed E-state index contributed by atoms with van der Waals surface area (Å²) in [7, 11) is 0. The lowest BCUT2D eigenvalue weighted by Crippen LogP contribution is -2.37. The molecular weight excluding hydrogens is 364 g/mol. The highest BCUT2D eigenvalue weighted by Crippen LogP contribution is 2.25. The van der Waals surface area contributed by atoms with E-state index in [1.165, 1.54) is 24.3 Å². The van der Waals surface area contributed by atoms with Crippen LogP contribution in [0.2, 0.25) is 0 Å². The van der Waals surface area contributed by atoms with Crippen molar-refractivity contribution >= 4 is 21.8 Å². The standard InChI is InChI=1S/C18H16BrF2NO/c19-13-6-7-17(21)16(11-13)18(23)22-8-2-5-15(22)10-12-3-1-4-14(20)9-12/h1,3-4,6-7,9,11,15H,2,5,8,10H2. The molecule has 120 valence electrons. The Morgan fingerprint density at radius 2 is 2.04 bits per heavy atom. The maximum Gasteiger partial charge on any atom is 0.257 e. The Labute approximate surface area is 142 Å². The molecule has 0 aliphatic carbocycles. The molecule has 5 heteroatoms. The van der Waals surface area contributed by atoms with Gasteiger partial charge < -0.3 is 4.90 Å². The van der Waals surface area contributed by atoms with Crippen LogP contribution in [0.5, 0.6) is 0 Å². The monoisotopic (exact) mass is 379 g/mol. The van der Waals surface area contributed by atoms with Gasteiger partial charge in [-0.25, -0.2) is 8.78 Å². The van der Waals surface area contributed by atoms with Crippen LogP contribution in [0, 0.1) is 11.6 Å². The first kappa shape index (κ1) is 16.1. The van der Waals surface area contributed by atoms with Crippen LogP contribution in [0.4, 0.5) is 8.78 Å². The summed E-state index contributed by atoms with van der Waals surface area (Å²) in [6, 6.07) is 10.7. The number of halogens is 3. The molecule has 2 aromatic carbocycles. The van der Waals surface area contributed by atoms with Gasteiger partial charge in [-0.2, -0.15) is 0 Å². The van der Waals surface area contributed by atoms with Crippen molar-refractivity contribution in [2.75, 3.05) is 6.54 Å². The van der Waals surface area contributed by atoms with Crippen molar-refractivity contribution in [1.82, 2.24) is 4.90 Å². The highest BCUT2D eigenvalue weighted by Gasteiger charge is 2.30. The van der Waals surface area contributed by atoms with Gasteiger partial charge in [0.2, 0.25) is 0 Å². The second-order valence-electron chi connectivity index (χ2n) is 5.75. The predicted molar refractivity (Wildman–Crippen MR) is 88.3 cm³/mol. The Morgan fingerprint density at radius 1 is 1.22 bits per heavy atom. The molecule has 0 N–H and O–H groups in total. The van der Waals surface area contributed by atoms with Gasteiger partial charge in [-0.3, -0.25) is 4.79 Å². The first-order valence-corrected chi connectivity index (χ1v) is 8.34. The number of hydrogen-bond acceptors (Lipinski definition) is 1. The smallest absolute Gasteiger partial charge is 0.257 e. The van der Waals surface area contributed by atoms with Crippen LogP contribution < -0.4 is 0 Å². The molecule has 1 atom stereocenters. The average molecular weight is 380 g/mol. The first-order valence-electron chi connectivity index (χ1n) is 7.55. The average Bonchev–Trinajstić information content (AvgIpc) is 2.97. The van der Waals surface area contributed by atoms with Gasteiger partial charge in [0.05, 0.1) is 5.56 Å². The molecule has 1 fully saturated rings. The quantitative estimate of drug-likeness (QED) is 0.764. The molecule has 1 amide bonds. The molecule has 0 saturated carbocycles. The van der Waals surface area contributed by atoms with Crippen molar-refractivity contribution in [3.63, 3.8) is 0 Å². The van der Waals surface area contributed by atoms with E-state index in [4.69, 9.17) is 0 Å². The Morgan fingerprint density at radius 3 is 2.83 bits per heavy atom. The first-order chi connectivity index (χ1) is 11.0. The van der Waals surface area contributed by atoms with Gasteiger partial charge in [0.25, 0.3) is 5.91 Å². The zero-order chi connectivity index (χ0) is 16.4. The molecule has 0 radical (unpaired) electrons. The summed E-state index contributed by atoms with van der Waals surface area (Å²) in [6.45, 7) is 0.602. The lowest BCUT2D eigenvalue weighted by Gasteiger charge is -2.25. The summed E-state index contributed by atoms with van der Waals surface area (Å²) in [4.78, 5) is 14.4. The molecule has 1 aliphatic heterocycles. The van der Waals surface area contributed by atoms with E-state index in [1.54, 1.807) is 17.0 Å².